The molecule has 0 radical (unpaired) electrons. The van der Waals surface area contributed by atoms with E-state index in [1.165, 1.54) is 0 Å². The lowest BCUT2D eigenvalue weighted by Crippen LogP contribution is -2.15. The van der Waals surface area contributed by atoms with Crippen LogP contribution in [0.25, 0.3) is 22.8 Å². The molecule has 0 aliphatic heterocycles. The van der Waals surface area contributed by atoms with Crippen molar-refractivity contribution in [2.45, 2.75) is 20.0 Å². The third-order valence-corrected chi connectivity index (χ3v) is 3.40. The summed E-state index contributed by atoms with van der Waals surface area (Å²) in [5, 5.41) is 16.3. The molecule has 1 atom stereocenters. The summed E-state index contributed by atoms with van der Waals surface area (Å²) in [6.45, 7) is 4.17. The Kier molecular flexibility index (Phi) is 4.34. The third-order valence-electron chi connectivity index (χ3n) is 3.40. The minimum atomic E-state index is -0.427. The Labute approximate surface area is 134 Å². The number of hydrogen-bond donors (Lipinski definition) is 2. The van der Waals surface area contributed by atoms with Gasteiger partial charge in [0.1, 0.15) is 5.82 Å². The second kappa shape index (κ2) is 6.58. The Morgan fingerprint density at radius 2 is 2.04 bits per heavy atom. The average Bonchev–Trinajstić information content (AvgIpc) is 3.03. The van der Waals surface area contributed by atoms with Crippen LogP contribution >= 0.6 is 0 Å². The van der Waals surface area contributed by atoms with Crippen LogP contribution in [0.5, 0.6) is 0 Å². The summed E-state index contributed by atoms with van der Waals surface area (Å²) >= 11 is 0. The fourth-order valence-electron chi connectivity index (χ4n) is 2.15. The maximum absolute atomic E-state index is 9.26. The van der Waals surface area contributed by atoms with Crippen molar-refractivity contribution < 1.29 is 9.63 Å². The summed E-state index contributed by atoms with van der Waals surface area (Å²) in [5.41, 5.74) is 2.79. The first-order valence-electron chi connectivity index (χ1n) is 7.41. The summed E-state index contributed by atoms with van der Waals surface area (Å²) in [7, 11) is 0. The Bertz CT molecular complexity index is 781. The SMILES string of the molecule is Cc1ccccc1-c1noc(-c2ccc(NC[C@H](C)O)nc2)n1. The zero-order valence-corrected chi connectivity index (χ0v) is 13.0. The molecule has 118 valence electrons. The number of pyridine rings is 1. The molecule has 6 nitrogen and oxygen atoms in total. The topological polar surface area (TPSA) is 84.1 Å². The molecule has 0 spiro atoms. The van der Waals surface area contributed by atoms with Gasteiger partial charge in [-0.2, -0.15) is 4.98 Å². The molecule has 0 aliphatic rings. The third kappa shape index (κ3) is 3.54. The van der Waals surface area contributed by atoms with Crippen molar-refractivity contribution in [3.63, 3.8) is 0 Å². The number of aryl methyl sites for hydroxylation is 1. The van der Waals surface area contributed by atoms with E-state index in [0.29, 0.717) is 24.1 Å². The molecule has 23 heavy (non-hydrogen) atoms. The van der Waals surface area contributed by atoms with E-state index < -0.39 is 6.10 Å². The van der Waals surface area contributed by atoms with Crippen LogP contribution in [-0.2, 0) is 0 Å². The van der Waals surface area contributed by atoms with Gasteiger partial charge in [-0.05, 0) is 31.5 Å². The van der Waals surface area contributed by atoms with Gasteiger partial charge in [0.2, 0.25) is 5.82 Å². The first kappa shape index (κ1) is 15.2. The maximum Gasteiger partial charge on any atom is 0.259 e. The fourth-order valence-corrected chi connectivity index (χ4v) is 2.15. The lowest BCUT2D eigenvalue weighted by Gasteiger charge is -2.07. The van der Waals surface area contributed by atoms with Crippen LogP contribution in [-0.4, -0.2) is 32.9 Å². The highest BCUT2D eigenvalue weighted by Gasteiger charge is 2.12. The molecule has 2 heterocycles. The van der Waals surface area contributed by atoms with E-state index in [1.54, 1.807) is 13.1 Å². The molecule has 6 heteroatoms. The number of benzene rings is 1. The highest BCUT2D eigenvalue weighted by Crippen LogP contribution is 2.24. The highest BCUT2D eigenvalue weighted by atomic mass is 16.5. The van der Waals surface area contributed by atoms with Crippen molar-refractivity contribution in [1.82, 2.24) is 15.1 Å². The number of rotatable bonds is 5. The first-order chi connectivity index (χ1) is 11.1. The number of anilines is 1. The number of aromatic nitrogens is 3. The quantitative estimate of drug-likeness (QED) is 0.754. The van der Waals surface area contributed by atoms with Crippen LogP contribution in [0.15, 0.2) is 47.1 Å². The minimum Gasteiger partial charge on any atom is -0.392 e. The maximum atomic E-state index is 9.26. The first-order valence-corrected chi connectivity index (χ1v) is 7.41. The standard InChI is InChI=1S/C17H18N4O2/c1-11-5-3-4-6-14(11)16-20-17(23-21-16)13-7-8-15(19-10-13)18-9-12(2)22/h3-8,10,12,22H,9H2,1-2H3,(H,18,19)/t12-/m0/s1. The van der Waals surface area contributed by atoms with Crippen molar-refractivity contribution in [3.05, 3.63) is 48.2 Å². The number of hydrogen-bond acceptors (Lipinski definition) is 6. The lowest BCUT2D eigenvalue weighted by molar-refractivity contribution is 0.208. The molecule has 0 fully saturated rings. The van der Waals surface area contributed by atoms with Crippen molar-refractivity contribution in [2.75, 3.05) is 11.9 Å². The van der Waals surface area contributed by atoms with Gasteiger partial charge in [-0.15, -0.1) is 0 Å². The normalized spacial score (nSPS) is 12.1. The van der Waals surface area contributed by atoms with Gasteiger partial charge in [-0.25, -0.2) is 4.98 Å². The molecule has 0 saturated heterocycles. The van der Waals surface area contributed by atoms with Gasteiger partial charge in [-0.1, -0.05) is 29.4 Å². The summed E-state index contributed by atoms with van der Waals surface area (Å²) in [5.74, 6) is 1.68. The van der Waals surface area contributed by atoms with E-state index in [0.717, 1.165) is 16.7 Å². The van der Waals surface area contributed by atoms with Crippen molar-refractivity contribution >= 4 is 5.82 Å². The van der Waals surface area contributed by atoms with Crippen LogP contribution in [0.1, 0.15) is 12.5 Å². The number of nitrogens with one attached hydrogen (secondary N) is 1. The van der Waals surface area contributed by atoms with Gasteiger partial charge in [0.05, 0.1) is 11.7 Å². The Morgan fingerprint density at radius 3 is 2.74 bits per heavy atom. The Hall–Kier alpha value is -2.73. The van der Waals surface area contributed by atoms with Gasteiger partial charge in [0.25, 0.3) is 5.89 Å². The number of aliphatic hydroxyl groups is 1. The predicted molar refractivity (Wildman–Crippen MR) is 87.9 cm³/mol. The van der Waals surface area contributed by atoms with Gasteiger partial charge >= 0.3 is 0 Å². The molecule has 0 amide bonds. The molecule has 0 aliphatic carbocycles. The summed E-state index contributed by atoms with van der Waals surface area (Å²) in [6.07, 6.45) is 1.24. The van der Waals surface area contributed by atoms with E-state index in [-0.39, 0.29) is 0 Å². The van der Waals surface area contributed by atoms with Crippen LogP contribution in [0, 0.1) is 6.92 Å². The molecular formula is C17H18N4O2. The number of nitrogens with zero attached hydrogens (tertiary/aromatic N) is 3. The number of aliphatic hydroxyl groups excluding tert-OH is 1. The molecular weight excluding hydrogens is 292 g/mol. The predicted octanol–water partition coefficient (Wildman–Crippen LogP) is 2.90. The van der Waals surface area contributed by atoms with Crippen molar-refractivity contribution in [3.8, 4) is 22.8 Å². The van der Waals surface area contributed by atoms with E-state index in [1.807, 2.05) is 43.3 Å². The summed E-state index contributed by atoms with van der Waals surface area (Å²) < 4.78 is 5.34. The van der Waals surface area contributed by atoms with Gasteiger partial charge in [0.15, 0.2) is 0 Å². The zero-order chi connectivity index (χ0) is 16.2. The smallest absolute Gasteiger partial charge is 0.259 e. The fraction of sp³-hybridized carbons (Fsp3) is 0.235. The van der Waals surface area contributed by atoms with Crippen molar-refractivity contribution in [1.29, 1.82) is 0 Å². The van der Waals surface area contributed by atoms with Crippen LogP contribution in [0.4, 0.5) is 5.82 Å². The Balaban J connectivity index is 1.79. The monoisotopic (exact) mass is 310 g/mol. The second-order valence-corrected chi connectivity index (χ2v) is 5.40. The molecule has 0 bridgehead atoms. The largest absolute Gasteiger partial charge is 0.392 e. The van der Waals surface area contributed by atoms with E-state index in [9.17, 15) is 5.11 Å². The molecule has 0 unspecified atom stereocenters. The van der Waals surface area contributed by atoms with Gasteiger partial charge in [0, 0.05) is 18.3 Å². The van der Waals surface area contributed by atoms with E-state index in [4.69, 9.17) is 4.52 Å². The lowest BCUT2D eigenvalue weighted by atomic mass is 10.1. The molecule has 2 aromatic heterocycles. The molecule has 2 N–H and O–H groups in total. The van der Waals surface area contributed by atoms with E-state index >= 15 is 0 Å². The summed E-state index contributed by atoms with van der Waals surface area (Å²) in [4.78, 5) is 8.71. The average molecular weight is 310 g/mol. The van der Waals surface area contributed by atoms with E-state index in [2.05, 4.69) is 20.4 Å². The molecule has 1 aromatic carbocycles. The molecule has 0 saturated carbocycles. The minimum absolute atomic E-state index is 0.427. The van der Waals surface area contributed by atoms with Crippen molar-refractivity contribution in [2.24, 2.45) is 0 Å². The molecule has 3 rings (SSSR count). The zero-order valence-electron chi connectivity index (χ0n) is 13.0. The summed E-state index contributed by atoms with van der Waals surface area (Å²) in [6, 6.07) is 11.6. The molecule has 3 aromatic rings. The van der Waals surface area contributed by atoms with Crippen LogP contribution in [0.2, 0.25) is 0 Å². The van der Waals surface area contributed by atoms with Crippen LogP contribution < -0.4 is 5.32 Å². The van der Waals surface area contributed by atoms with Crippen LogP contribution in [0.3, 0.4) is 0 Å². The Morgan fingerprint density at radius 1 is 1.22 bits per heavy atom. The highest BCUT2D eigenvalue weighted by molar-refractivity contribution is 5.62. The second-order valence-electron chi connectivity index (χ2n) is 5.40. The van der Waals surface area contributed by atoms with Gasteiger partial charge < -0.3 is 14.9 Å². The van der Waals surface area contributed by atoms with Gasteiger partial charge in [-0.3, -0.25) is 0 Å².